The third-order valence-corrected chi connectivity index (χ3v) is 11.6. The van der Waals surface area contributed by atoms with E-state index in [-0.39, 0.29) is 17.6 Å². The van der Waals surface area contributed by atoms with E-state index < -0.39 is 0 Å². The van der Waals surface area contributed by atoms with E-state index in [4.69, 9.17) is 4.84 Å². The first kappa shape index (κ1) is 25.5. The molecule has 1 saturated heterocycles. The quantitative estimate of drug-likeness (QED) is 0.308. The van der Waals surface area contributed by atoms with Crippen molar-refractivity contribution >= 4 is 11.8 Å². The highest BCUT2D eigenvalue weighted by Gasteiger charge is 2.60. The van der Waals surface area contributed by atoms with Crippen molar-refractivity contribution < 1.29 is 14.7 Å². The minimum absolute atomic E-state index is 0.0751. The van der Waals surface area contributed by atoms with E-state index in [0.717, 1.165) is 55.7 Å². The van der Waals surface area contributed by atoms with Crippen LogP contribution in [0.4, 0.5) is 4.79 Å². The van der Waals surface area contributed by atoms with Crippen LogP contribution in [0.1, 0.15) is 97.8 Å². The summed E-state index contributed by atoms with van der Waals surface area (Å²) in [5.74, 6) is 3.47. The van der Waals surface area contributed by atoms with Crippen molar-refractivity contribution in [3.63, 3.8) is 0 Å². The molecule has 0 aromatic heterocycles. The third-order valence-electron chi connectivity index (χ3n) is 11.6. The second-order valence-electron chi connectivity index (χ2n) is 13.4. The predicted octanol–water partition coefficient (Wildman–Crippen LogP) is 5.59. The molecule has 0 radical (unpaired) electrons. The zero-order valence-electron chi connectivity index (χ0n) is 22.6. The van der Waals surface area contributed by atoms with E-state index in [1.54, 1.807) is 4.90 Å². The van der Waals surface area contributed by atoms with Gasteiger partial charge in [-0.05, 0) is 119 Å². The molecule has 0 aromatic carbocycles. The van der Waals surface area contributed by atoms with Gasteiger partial charge >= 0.3 is 6.09 Å². The van der Waals surface area contributed by atoms with Gasteiger partial charge in [0, 0.05) is 25.6 Å². The Morgan fingerprint density at radius 1 is 1.03 bits per heavy atom. The average Bonchev–Trinajstić information content (AvgIpc) is 3.20. The van der Waals surface area contributed by atoms with Crippen LogP contribution in [-0.4, -0.2) is 54.1 Å². The molecule has 198 valence electrons. The molecule has 1 unspecified atom stereocenters. The van der Waals surface area contributed by atoms with E-state index in [1.165, 1.54) is 51.4 Å². The number of rotatable bonds is 4. The predicted molar refractivity (Wildman–Crippen MR) is 139 cm³/mol. The summed E-state index contributed by atoms with van der Waals surface area (Å²) in [4.78, 5) is 19.8. The van der Waals surface area contributed by atoms with Gasteiger partial charge in [0.15, 0.2) is 0 Å². The fraction of sp³-hybridized carbons (Fsp3) is 0.931. The lowest BCUT2D eigenvalue weighted by Gasteiger charge is -2.61. The van der Waals surface area contributed by atoms with Crippen LogP contribution in [0, 0.1) is 40.4 Å². The summed E-state index contributed by atoms with van der Waals surface area (Å²) < 4.78 is 0. The molecule has 5 fully saturated rings. The smallest absolute Gasteiger partial charge is 0.393 e. The number of aliphatic hydroxyl groups is 1. The fourth-order valence-electron chi connectivity index (χ4n) is 9.65. The van der Waals surface area contributed by atoms with E-state index in [9.17, 15) is 9.90 Å². The minimum atomic E-state index is -0.342. The van der Waals surface area contributed by atoms with Gasteiger partial charge in [-0.3, -0.25) is 4.84 Å². The molecule has 4 aliphatic carbocycles. The molecule has 6 heteroatoms. The second kappa shape index (κ2) is 9.96. The summed E-state index contributed by atoms with van der Waals surface area (Å²) in [5, 5.41) is 18.2. The van der Waals surface area contributed by atoms with Gasteiger partial charge in [-0.1, -0.05) is 25.4 Å². The number of likely N-dealkylation sites (N-methyl/N-ethyl adjacent to an activating group) is 1. The molecule has 9 atom stereocenters. The molecule has 5 aliphatic rings. The molecule has 6 nitrogen and oxygen atoms in total. The van der Waals surface area contributed by atoms with E-state index in [2.05, 4.69) is 31.2 Å². The van der Waals surface area contributed by atoms with Gasteiger partial charge in [0.2, 0.25) is 0 Å². The van der Waals surface area contributed by atoms with Gasteiger partial charge in [0.1, 0.15) is 0 Å². The lowest BCUT2D eigenvalue weighted by Crippen LogP contribution is -2.54. The van der Waals surface area contributed by atoms with Crippen molar-refractivity contribution in [3.05, 3.63) is 0 Å². The van der Waals surface area contributed by atoms with Crippen molar-refractivity contribution in [2.45, 2.75) is 110 Å². The summed E-state index contributed by atoms with van der Waals surface area (Å²) in [6, 6.07) is 0.362. The normalized spacial score (nSPS) is 45.7. The van der Waals surface area contributed by atoms with Crippen molar-refractivity contribution in [1.82, 2.24) is 10.2 Å². The lowest BCUT2D eigenvalue weighted by molar-refractivity contribution is -0.123. The van der Waals surface area contributed by atoms with Crippen molar-refractivity contribution in [2.75, 3.05) is 20.1 Å². The summed E-state index contributed by atoms with van der Waals surface area (Å²) in [5.41, 5.74) is 1.68. The SMILES string of the molecule is C/C(=N\OC(=O)N(C)CC1CCCCN1)[C@H]1CC[C@H]2[C@@H]3CC[C@H]4C[C@@H](O)CC[C@]4(C)[C@H]3CC[C@]12C. The number of amides is 1. The Hall–Kier alpha value is -1.14. The molecule has 5 rings (SSSR count). The molecular formula is C29H49N3O3. The molecule has 35 heavy (non-hydrogen) atoms. The number of piperidine rings is 1. The summed E-state index contributed by atoms with van der Waals surface area (Å²) in [7, 11) is 1.82. The summed E-state index contributed by atoms with van der Waals surface area (Å²) in [6.07, 6.45) is 14.0. The molecule has 1 aliphatic heterocycles. The number of oxime groups is 1. The first-order valence-corrected chi connectivity index (χ1v) is 14.6. The number of carbonyl (C=O) groups excluding carboxylic acids is 1. The highest BCUT2D eigenvalue weighted by molar-refractivity contribution is 5.85. The lowest BCUT2D eigenvalue weighted by atomic mass is 9.44. The zero-order chi connectivity index (χ0) is 24.8. The second-order valence-corrected chi connectivity index (χ2v) is 13.4. The number of aliphatic hydroxyl groups excluding tert-OH is 1. The molecular weight excluding hydrogens is 438 g/mol. The maximum absolute atomic E-state index is 12.6. The zero-order valence-corrected chi connectivity index (χ0v) is 22.6. The number of fused-ring (bicyclic) bond motifs is 5. The van der Waals surface area contributed by atoms with Crippen molar-refractivity contribution in [3.8, 4) is 0 Å². The number of hydrogen-bond donors (Lipinski definition) is 2. The number of nitrogens with zero attached hydrogens (tertiary/aromatic N) is 2. The molecule has 4 saturated carbocycles. The van der Waals surface area contributed by atoms with Crippen LogP contribution in [0.3, 0.4) is 0 Å². The Labute approximate surface area is 212 Å². The van der Waals surface area contributed by atoms with Gasteiger partial charge in [0.25, 0.3) is 0 Å². The highest BCUT2D eigenvalue weighted by atomic mass is 16.7. The number of hydrogen-bond acceptors (Lipinski definition) is 5. The van der Waals surface area contributed by atoms with Crippen LogP contribution in [0.5, 0.6) is 0 Å². The fourth-order valence-corrected chi connectivity index (χ4v) is 9.65. The van der Waals surface area contributed by atoms with E-state index in [1.807, 2.05) is 7.05 Å². The first-order chi connectivity index (χ1) is 16.7. The van der Waals surface area contributed by atoms with Crippen LogP contribution >= 0.6 is 0 Å². The van der Waals surface area contributed by atoms with Gasteiger partial charge in [-0.25, -0.2) is 4.79 Å². The van der Waals surface area contributed by atoms with Crippen molar-refractivity contribution in [2.24, 2.45) is 45.6 Å². The van der Waals surface area contributed by atoms with Gasteiger partial charge < -0.3 is 15.3 Å². The maximum atomic E-state index is 12.6. The number of carbonyl (C=O) groups is 1. The molecule has 1 heterocycles. The van der Waals surface area contributed by atoms with Crippen LogP contribution in [-0.2, 0) is 4.84 Å². The third kappa shape index (κ3) is 4.67. The highest BCUT2D eigenvalue weighted by Crippen LogP contribution is 2.67. The first-order valence-electron chi connectivity index (χ1n) is 14.6. The maximum Gasteiger partial charge on any atom is 0.435 e. The summed E-state index contributed by atoms with van der Waals surface area (Å²) >= 11 is 0. The Morgan fingerprint density at radius 2 is 1.80 bits per heavy atom. The molecule has 0 bridgehead atoms. The molecule has 2 N–H and O–H groups in total. The topological polar surface area (TPSA) is 74.2 Å². The van der Waals surface area contributed by atoms with Crippen LogP contribution in [0.15, 0.2) is 5.16 Å². The number of nitrogens with one attached hydrogen (secondary N) is 1. The Morgan fingerprint density at radius 3 is 2.57 bits per heavy atom. The van der Waals surface area contributed by atoms with Crippen LogP contribution < -0.4 is 5.32 Å². The molecule has 1 amide bonds. The molecule has 0 aromatic rings. The van der Waals surface area contributed by atoms with Gasteiger partial charge in [-0.15, -0.1) is 0 Å². The average molecular weight is 488 g/mol. The Balaban J connectivity index is 1.22. The van der Waals surface area contributed by atoms with Gasteiger partial charge in [-0.2, -0.15) is 0 Å². The standard InChI is InChI=1S/C29H49N3O3/c1-19(31-35-27(34)32(4)18-21-7-5-6-16-30-21)24-10-11-25-23-9-8-20-17-22(33)12-14-28(20,2)26(23)13-15-29(24,25)3/h20-26,30,33H,5-18H2,1-4H3/b31-19+/t20-,21?,22-,23-,24+,25-,26-,28-,29+/m0/s1. The Kier molecular flexibility index (Phi) is 7.26. The van der Waals surface area contributed by atoms with E-state index >= 15 is 0 Å². The van der Waals surface area contributed by atoms with Crippen LogP contribution in [0.25, 0.3) is 0 Å². The van der Waals surface area contributed by atoms with Crippen LogP contribution in [0.2, 0.25) is 0 Å². The van der Waals surface area contributed by atoms with Crippen molar-refractivity contribution in [1.29, 1.82) is 0 Å². The summed E-state index contributed by atoms with van der Waals surface area (Å²) in [6.45, 7) is 8.86. The monoisotopic (exact) mass is 487 g/mol. The Bertz CT molecular complexity index is 811. The molecule has 0 spiro atoms. The largest absolute Gasteiger partial charge is 0.435 e. The minimum Gasteiger partial charge on any atom is -0.393 e. The van der Waals surface area contributed by atoms with E-state index in [0.29, 0.717) is 29.8 Å². The van der Waals surface area contributed by atoms with Gasteiger partial charge in [0.05, 0.1) is 11.8 Å².